The first-order valence-corrected chi connectivity index (χ1v) is 9.04. The molecule has 1 atom stereocenters. The lowest BCUT2D eigenvalue weighted by atomic mass is 9.89. The van der Waals surface area contributed by atoms with Gasteiger partial charge in [-0.15, -0.1) is 0 Å². The van der Waals surface area contributed by atoms with Crippen LogP contribution in [0.4, 0.5) is 5.69 Å². The molecule has 0 radical (unpaired) electrons. The van der Waals surface area contributed by atoms with Crippen LogP contribution in [0.25, 0.3) is 0 Å². The topological polar surface area (TPSA) is 105 Å². The SMILES string of the molecule is CCOC(=O)C[C@H](Cc1cc(C)c(N)c(C)c1COC(C)=O)C(=O)OCC. The molecule has 27 heavy (non-hydrogen) atoms. The Labute approximate surface area is 160 Å². The van der Waals surface area contributed by atoms with Gasteiger partial charge < -0.3 is 19.9 Å². The molecule has 0 unspecified atom stereocenters. The minimum absolute atomic E-state index is 0.0515. The van der Waals surface area contributed by atoms with Crippen LogP contribution in [0.1, 0.15) is 49.4 Å². The second-order valence-electron chi connectivity index (χ2n) is 6.31. The normalized spacial score (nSPS) is 11.6. The van der Waals surface area contributed by atoms with Crippen molar-refractivity contribution in [3.8, 4) is 0 Å². The van der Waals surface area contributed by atoms with Crippen molar-refractivity contribution in [2.24, 2.45) is 5.92 Å². The molecular formula is C20H29NO6. The fourth-order valence-electron chi connectivity index (χ4n) is 2.87. The van der Waals surface area contributed by atoms with E-state index >= 15 is 0 Å². The van der Waals surface area contributed by atoms with E-state index in [0.717, 1.165) is 22.3 Å². The van der Waals surface area contributed by atoms with Gasteiger partial charge in [-0.2, -0.15) is 0 Å². The van der Waals surface area contributed by atoms with Crippen molar-refractivity contribution in [2.75, 3.05) is 18.9 Å². The van der Waals surface area contributed by atoms with Gasteiger partial charge in [-0.25, -0.2) is 0 Å². The standard InChI is InChI=1S/C20H29NO6/c1-6-25-18(23)10-16(20(24)26-7-2)9-15-8-12(3)19(21)13(4)17(15)11-27-14(5)22/h8,16H,6-7,9-11,21H2,1-5H3/t16-/m0/s1. The van der Waals surface area contributed by atoms with Crippen molar-refractivity contribution >= 4 is 23.6 Å². The van der Waals surface area contributed by atoms with Gasteiger partial charge in [-0.3, -0.25) is 14.4 Å². The lowest BCUT2D eigenvalue weighted by Crippen LogP contribution is -2.25. The Morgan fingerprint density at radius 1 is 1.07 bits per heavy atom. The molecule has 0 amide bonds. The number of anilines is 1. The molecule has 0 spiro atoms. The summed E-state index contributed by atoms with van der Waals surface area (Å²) < 4.78 is 15.3. The maximum Gasteiger partial charge on any atom is 0.309 e. The van der Waals surface area contributed by atoms with Gasteiger partial charge in [-0.05, 0) is 56.4 Å². The van der Waals surface area contributed by atoms with Gasteiger partial charge >= 0.3 is 17.9 Å². The van der Waals surface area contributed by atoms with Gasteiger partial charge in [0.15, 0.2) is 0 Å². The summed E-state index contributed by atoms with van der Waals surface area (Å²) in [6.45, 7) is 8.97. The molecule has 2 N–H and O–H groups in total. The summed E-state index contributed by atoms with van der Waals surface area (Å²) in [6, 6.07) is 1.86. The highest BCUT2D eigenvalue weighted by Gasteiger charge is 2.26. The predicted molar refractivity (Wildman–Crippen MR) is 101 cm³/mol. The number of rotatable bonds is 9. The van der Waals surface area contributed by atoms with E-state index in [1.807, 2.05) is 19.9 Å². The molecule has 1 aromatic carbocycles. The average molecular weight is 379 g/mol. The van der Waals surface area contributed by atoms with Crippen LogP contribution in [-0.4, -0.2) is 31.1 Å². The number of nitrogens with two attached hydrogens (primary N) is 1. The van der Waals surface area contributed by atoms with Crippen LogP contribution in [0.15, 0.2) is 6.07 Å². The second kappa shape index (κ2) is 10.5. The molecule has 0 aromatic heterocycles. The molecule has 0 heterocycles. The Balaban J connectivity index is 3.22. The predicted octanol–water partition coefficient (Wildman–Crippen LogP) is 2.62. The molecule has 7 heteroatoms. The van der Waals surface area contributed by atoms with E-state index in [1.54, 1.807) is 13.8 Å². The lowest BCUT2D eigenvalue weighted by molar-refractivity contribution is -0.154. The highest BCUT2D eigenvalue weighted by Crippen LogP contribution is 2.28. The average Bonchev–Trinajstić information content (AvgIpc) is 2.59. The van der Waals surface area contributed by atoms with Crippen molar-refractivity contribution in [3.05, 3.63) is 28.3 Å². The van der Waals surface area contributed by atoms with Gasteiger partial charge in [0.2, 0.25) is 0 Å². The molecule has 0 bridgehead atoms. The van der Waals surface area contributed by atoms with Gasteiger partial charge in [-0.1, -0.05) is 6.07 Å². The van der Waals surface area contributed by atoms with Crippen LogP contribution in [0.5, 0.6) is 0 Å². The van der Waals surface area contributed by atoms with Crippen molar-refractivity contribution < 1.29 is 28.6 Å². The van der Waals surface area contributed by atoms with Crippen LogP contribution >= 0.6 is 0 Å². The number of carbonyl (C=O) groups is 3. The van der Waals surface area contributed by atoms with Crippen LogP contribution in [0.3, 0.4) is 0 Å². The molecular weight excluding hydrogens is 350 g/mol. The van der Waals surface area contributed by atoms with E-state index in [9.17, 15) is 14.4 Å². The summed E-state index contributed by atoms with van der Waals surface area (Å²) in [7, 11) is 0. The quantitative estimate of drug-likeness (QED) is 0.399. The van der Waals surface area contributed by atoms with E-state index in [2.05, 4.69) is 0 Å². The zero-order valence-corrected chi connectivity index (χ0v) is 16.7. The number of hydrogen-bond acceptors (Lipinski definition) is 7. The molecule has 7 nitrogen and oxygen atoms in total. The molecule has 0 saturated carbocycles. The Bertz CT molecular complexity index is 698. The molecule has 0 aliphatic rings. The Hall–Kier alpha value is -2.57. The second-order valence-corrected chi connectivity index (χ2v) is 6.31. The van der Waals surface area contributed by atoms with Crippen LogP contribution < -0.4 is 5.73 Å². The summed E-state index contributed by atoms with van der Waals surface area (Å²) in [5.74, 6) is -2.02. The Kier molecular flexibility index (Phi) is 8.78. The first-order chi connectivity index (χ1) is 12.7. The van der Waals surface area contributed by atoms with Crippen LogP contribution in [-0.2, 0) is 41.6 Å². The van der Waals surface area contributed by atoms with Crippen molar-refractivity contribution in [3.63, 3.8) is 0 Å². The Morgan fingerprint density at radius 2 is 1.70 bits per heavy atom. The summed E-state index contributed by atoms with van der Waals surface area (Å²) in [6.07, 6.45) is 0.179. The molecule has 0 saturated heterocycles. The highest BCUT2D eigenvalue weighted by atomic mass is 16.5. The summed E-state index contributed by atoms with van der Waals surface area (Å²) in [5.41, 5.74) is 9.91. The van der Waals surface area contributed by atoms with Gasteiger partial charge in [0.1, 0.15) is 6.61 Å². The number of benzene rings is 1. The number of aryl methyl sites for hydroxylation is 1. The number of hydrogen-bond donors (Lipinski definition) is 1. The lowest BCUT2D eigenvalue weighted by Gasteiger charge is -2.20. The largest absolute Gasteiger partial charge is 0.466 e. The minimum Gasteiger partial charge on any atom is -0.466 e. The Morgan fingerprint density at radius 3 is 2.26 bits per heavy atom. The van der Waals surface area contributed by atoms with Crippen molar-refractivity contribution in [1.29, 1.82) is 0 Å². The van der Waals surface area contributed by atoms with Gasteiger partial charge in [0, 0.05) is 12.6 Å². The fraction of sp³-hybridized carbons (Fsp3) is 0.550. The highest BCUT2D eigenvalue weighted by molar-refractivity contribution is 5.80. The maximum absolute atomic E-state index is 12.4. The number of esters is 3. The zero-order valence-electron chi connectivity index (χ0n) is 16.7. The molecule has 0 aliphatic heterocycles. The van der Waals surface area contributed by atoms with E-state index < -0.39 is 23.8 Å². The van der Waals surface area contributed by atoms with Crippen LogP contribution in [0, 0.1) is 19.8 Å². The van der Waals surface area contributed by atoms with E-state index in [0.29, 0.717) is 5.69 Å². The molecule has 1 rings (SSSR count). The van der Waals surface area contributed by atoms with E-state index in [-0.39, 0.29) is 32.7 Å². The monoisotopic (exact) mass is 379 g/mol. The van der Waals surface area contributed by atoms with Gasteiger partial charge in [0.25, 0.3) is 0 Å². The molecule has 0 fully saturated rings. The summed E-state index contributed by atoms with van der Waals surface area (Å²) >= 11 is 0. The minimum atomic E-state index is -0.692. The smallest absolute Gasteiger partial charge is 0.309 e. The zero-order chi connectivity index (χ0) is 20.6. The van der Waals surface area contributed by atoms with E-state index in [1.165, 1.54) is 6.92 Å². The number of ether oxygens (including phenoxy) is 3. The third-order valence-electron chi connectivity index (χ3n) is 4.28. The van der Waals surface area contributed by atoms with Crippen molar-refractivity contribution in [2.45, 2.75) is 54.1 Å². The van der Waals surface area contributed by atoms with Crippen LogP contribution in [0.2, 0.25) is 0 Å². The fourth-order valence-corrected chi connectivity index (χ4v) is 2.87. The molecule has 150 valence electrons. The van der Waals surface area contributed by atoms with Crippen molar-refractivity contribution in [1.82, 2.24) is 0 Å². The summed E-state index contributed by atoms with van der Waals surface area (Å²) in [5, 5.41) is 0. The molecule has 1 aromatic rings. The van der Waals surface area contributed by atoms with E-state index in [4.69, 9.17) is 19.9 Å². The molecule has 0 aliphatic carbocycles. The summed E-state index contributed by atoms with van der Waals surface area (Å²) in [4.78, 5) is 35.5. The number of nitrogen functional groups attached to an aromatic ring is 1. The first kappa shape index (κ1) is 22.5. The maximum atomic E-state index is 12.4. The number of carbonyl (C=O) groups excluding carboxylic acids is 3. The van der Waals surface area contributed by atoms with Gasteiger partial charge in [0.05, 0.1) is 25.6 Å². The first-order valence-electron chi connectivity index (χ1n) is 9.04. The third kappa shape index (κ3) is 6.58. The third-order valence-corrected chi connectivity index (χ3v) is 4.28.